The summed E-state index contributed by atoms with van der Waals surface area (Å²) in [6.45, 7) is 0.278. The van der Waals surface area contributed by atoms with Crippen molar-refractivity contribution in [2.45, 2.75) is 6.54 Å². The normalized spacial score (nSPS) is 10.3. The van der Waals surface area contributed by atoms with E-state index in [-0.39, 0.29) is 18.4 Å². The molecule has 7 heteroatoms. The molecule has 0 radical (unpaired) electrons. The number of rotatable bonds is 7. The highest BCUT2D eigenvalue weighted by Crippen LogP contribution is 2.22. The third-order valence-corrected chi connectivity index (χ3v) is 5.20. The zero-order valence-electron chi connectivity index (χ0n) is 14.3. The molecule has 27 heavy (non-hydrogen) atoms. The average molecular weight is 445 g/mol. The Kier molecular flexibility index (Phi) is 6.62. The summed E-state index contributed by atoms with van der Waals surface area (Å²) >= 11 is 4.63. The molecule has 2 aromatic carbocycles. The number of benzene rings is 2. The van der Waals surface area contributed by atoms with Crippen LogP contribution >= 0.6 is 27.3 Å². The third-order valence-electron chi connectivity index (χ3n) is 3.57. The van der Waals surface area contributed by atoms with Crippen molar-refractivity contribution in [3.05, 3.63) is 81.0 Å². The zero-order valence-corrected chi connectivity index (χ0v) is 16.7. The van der Waals surface area contributed by atoms with Gasteiger partial charge in [0.25, 0.3) is 5.91 Å². The Morgan fingerprint density at radius 2 is 1.70 bits per heavy atom. The van der Waals surface area contributed by atoms with Crippen LogP contribution in [0.15, 0.2) is 70.5 Å². The van der Waals surface area contributed by atoms with Gasteiger partial charge in [0.15, 0.2) is 0 Å². The number of ether oxygens (including phenoxy) is 1. The van der Waals surface area contributed by atoms with Crippen LogP contribution in [0.25, 0.3) is 0 Å². The van der Waals surface area contributed by atoms with Gasteiger partial charge in [0, 0.05) is 6.54 Å². The van der Waals surface area contributed by atoms with Gasteiger partial charge in [0.2, 0.25) is 5.91 Å². The SMILES string of the molecule is O=C(CNC(=O)c1ccc(Br)s1)NCc1cccc(Oc2ccccc2)c1. The van der Waals surface area contributed by atoms with Crippen molar-refractivity contribution in [3.8, 4) is 11.5 Å². The molecule has 0 spiro atoms. The number of halogens is 1. The molecular formula is C20H17BrN2O3S. The van der Waals surface area contributed by atoms with Crippen LogP contribution in [0, 0.1) is 0 Å². The minimum Gasteiger partial charge on any atom is -0.457 e. The summed E-state index contributed by atoms with van der Waals surface area (Å²) in [4.78, 5) is 24.5. The molecule has 5 nitrogen and oxygen atoms in total. The van der Waals surface area contributed by atoms with Gasteiger partial charge < -0.3 is 15.4 Å². The second-order valence-corrected chi connectivity index (χ2v) is 8.09. The lowest BCUT2D eigenvalue weighted by molar-refractivity contribution is -0.120. The molecule has 0 aliphatic rings. The van der Waals surface area contributed by atoms with Gasteiger partial charge in [-0.3, -0.25) is 9.59 Å². The van der Waals surface area contributed by atoms with Gasteiger partial charge in [-0.15, -0.1) is 11.3 Å². The van der Waals surface area contributed by atoms with Gasteiger partial charge in [-0.05, 0) is 57.9 Å². The summed E-state index contributed by atoms with van der Waals surface area (Å²) in [5.41, 5.74) is 0.908. The second kappa shape index (κ2) is 9.34. The molecule has 3 aromatic rings. The lowest BCUT2D eigenvalue weighted by Crippen LogP contribution is -2.36. The van der Waals surface area contributed by atoms with Crippen molar-refractivity contribution in [1.82, 2.24) is 10.6 Å². The fraction of sp³-hybridized carbons (Fsp3) is 0.100. The van der Waals surface area contributed by atoms with Crippen LogP contribution in [0.5, 0.6) is 11.5 Å². The standard InChI is InChI=1S/C20H17BrN2O3S/c21-18-10-9-17(27-18)20(25)23-13-19(24)22-12-14-5-4-8-16(11-14)26-15-6-2-1-3-7-15/h1-11H,12-13H2,(H,22,24)(H,23,25). The predicted molar refractivity (Wildman–Crippen MR) is 109 cm³/mol. The fourth-order valence-corrected chi connectivity index (χ4v) is 3.59. The van der Waals surface area contributed by atoms with Crippen LogP contribution < -0.4 is 15.4 Å². The van der Waals surface area contributed by atoms with E-state index < -0.39 is 0 Å². The minimum atomic E-state index is -0.265. The highest BCUT2D eigenvalue weighted by Gasteiger charge is 2.10. The molecule has 0 saturated carbocycles. The van der Waals surface area contributed by atoms with Crippen LogP contribution in [0.2, 0.25) is 0 Å². The second-order valence-electron chi connectivity index (χ2n) is 5.63. The summed E-state index contributed by atoms with van der Waals surface area (Å²) in [6, 6.07) is 20.5. The first kappa shape index (κ1) is 19.1. The summed E-state index contributed by atoms with van der Waals surface area (Å²) in [5, 5.41) is 5.39. The van der Waals surface area contributed by atoms with Gasteiger partial charge in [0.05, 0.1) is 15.2 Å². The molecule has 0 fully saturated rings. The highest BCUT2D eigenvalue weighted by atomic mass is 79.9. The van der Waals surface area contributed by atoms with E-state index in [1.54, 1.807) is 12.1 Å². The van der Waals surface area contributed by atoms with Crippen molar-refractivity contribution in [2.24, 2.45) is 0 Å². The quantitative estimate of drug-likeness (QED) is 0.569. The smallest absolute Gasteiger partial charge is 0.261 e. The Morgan fingerprint density at radius 1 is 0.926 bits per heavy atom. The van der Waals surface area contributed by atoms with Gasteiger partial charge in [0.1, 0.15) is 11.5 Å². The first-order valence-corrected chi connectivity index (χ1v) is 9.83. The van der Waals surface area contributed by atoms with E-state index in [2.05, 4.69) is 26.6 Å². The van der Waals surface area contributed by atoms with Gasteiger partial charge >= 0.3 is 0 Å². The molecule has 0 atom stereocenters. The molecule has 138 valence electrons. The number of para-hydroxylation sites is 1. The van der Waals surface area contributed by atoms with Crippen LogP contribution in [-0.4, -0.2) is 18.4 Å². The van der Waals surface area contributed by atoms with E-state index in [1.807, 2.05) is 54.6 Å². The molecule has 2 N–H and O–H groups in total. The van der Waals surface area contributed by atoms with Crippen LogP contribution in [0.3, 0.4) is 0 Å². The molecule has 0 aliphatic carbocycles. The molecule has 0 bridgehead atoms. The maximum atomic E-state index is 12.0. The molecule has 2 amide bonds. The Bertz CT molecular complexity index is 928. The molecule has 0 saturated heterocycles. The Morgan fingerprint density at radius 3 is 2.44 bits per heavy atom. The maximum Gasteiger partial charge on any atom is 0.261 e. The number of hydrogen-bond acceptors (Lipinski definition) is 4. The van der Waals surface area contributed by atoms with E-state index in [1.165, 1.54) is 11.3 Å². The van der Waals surface area contributed by atoms with Crippen LogP contribution in [-0.2, 0) is 11.3 Å². The van der Waals surface area contributed by atoms with Crippen LogP contribution in [0.1, 0.15) is 15.2 Å². The molecular weight excluding hydrogens is 428 g/mol. The summed E-state index contributed by atoms with van der Waals surface area (Å²) in [5.74, 6) is 0.929. The summed E-state index contributed by atoms with van der Waals surface area (Å²) in [7, 11) is 0. The largest absolute Gasteiger partial charge is 0.457 e. The number of carbonyl (C=O) groups is 2. The van der Waals surface area contributed by atoms with Gasteiger partial charge in [-0.2, -0.15) is 0 Å². The zero-order chi connectivity index (χ0) is 19.1. The number of nitrogens with one attached hydrogen (secondary N) is 2. The van der Waals surface area contributed by atoms with Crippen molar-refractivity contribution in [2.75, 3.05) is 6.54 Å². The van der Waals surface area contributed by atoms with E-state index in [0.29, 0.717) is 17.2 Å². The maximum absolute atomic E-state index is 12.0. The number of amides is 2. The van der Waals surface area contributed by atoms with E-state index in [4.69, 9.17) is 4.74 Å². The Balaban J connectivity index is 1.47. The van der Waals surface area contributed by atoms with E-state index in [0.717, 1.165) is 15.1 Å². The number of carbonyl (C=O) groups excluding carboxylic acids is 2. The lowest BCUT2D eigenvalue weighted by Gasteiger charge is -2.09. The monoisotopic (exact) mass is 444 g/mol. The number of hydrogen-bond donors (Lipinski definition) is 2. The average Bonchev–Trinajstić information content (AvgIpc) is 3.12. The van der Waals surface area contributed by atoms with E-state index in [9.17, 15) is 9.59 Å². The molecule has 1 heterocycles. The van der Waals surface area contributed by atoms with Crippen LogP contribution in [0.4, 0.5) is 0 Å². The Labute approximate surface area is 169 Å². The summed E-state index contributed by atoms with van der Waals surface area (Å²) in [6.07, 6.45) is 0. The molecule has 0 unspecified atom stereocenters. The topological polar surface area (TPSA) is 67.4 Å². The highest BCUT2D eigenvalue weighted by molar-refractivity contribution is 9.11. The van der Waals surface area contributed by atoms with Crippen molar-refractivity contribution >= 4 is 39.1 Å². The van der Waals surface area contributed by atoms with Crippen molar-refractivity contribution < 1.29 is 14.3 Å². The molecule has 3 rings (SSSR count). The Hall–Kier alpha value is -2.64. The molecule has 0 aliphatic heterocycles. The third kappa shape index (κ3) is 5.94. The predicted octanol–water partition coefficient (Wildman–Crippen LogP) is 4.35. The first-order chi connectivity index (χ1) is 13.1. The lowest BCUT2D eigenvalue weighted by atomic mass is 10.2. The van der Waals surface area contributed by atoms with Gasteiger partial charge in [-0.1, -0.05) is 30.3 Å². The molecule has 1 aromatic heterocycles. The van der Waals surface area contributed by atoms with Crippen molar-refractivity contribution in [3.63, 3.8) is 0 Å². The van der Waals surface area contributed by atoms with Gasteiger partial charge in [-0.25, -0.2) is 0 Å². The number of thiophene rings is 1. The first-order valence-electron chi connectivity index (χ1n) is 8.22. The minimum absolute atomic E-state index is 0.0748. The fourth-order valence-electron chi connectivity index (χ4n) is 2.29. The summed E-state index contributed by atoms with van der Waals surface area (Å²) < 4.78 is 6.65. The van der Waals surface area contributed by atoms with E-state index >= 15 is 0 Å². The van der Waals surface area contributed by atoms with Crippen molar-refractivity contribution in [1.29, 1.82) is 0 Å².